The number of aromatic nitrogens is 2. The Hall–Kier alpha value is -2.48. The molecule has 0 N–H and O–H groups in total. The van der Waals surface area contributed by atoms with Crippen LogP contribution in [-0.2, 0) is 9.59 Å². The zero-order valence-corrected chi connectivity index (χ0v) is 16.9. The summed E-state index contributed by atoms with van der Waals surface area (Å²) >= 11 is 3.43. The van der Waals surface area contributed by atoms with E-state index in [1.54, 1.807) is 23.2 Å². The third kappa shape index (κ3) is 4.16. The molecule has 0 saturated carbocycles. The molecule has 4 rings (SSSR count). The molecule has 2 aliphatic heterocycles. The number of anilines is 1. The van der Waals surface area contributed by atoms with Gasteiger partial charge in [-0.05, 0) is 24.3 Å². The highest BCUT2D eigenvalue weighted by Crippen LogP contribution is 2.29. The van der Waals surface area contributed by atoms with Gasteiger partial charge in [0.1, 0.15) is 6.10 Å². The first-order valence-corrected chi connectivity index (χ1v) is 10.2. The van der Waals surface area contributed by atoms with Crippen LogP contribution in [-0.4, -0.2) is 52.6 Å². The van der Waals surface area contributed by atoms with Gasteiger partial charge in [0.2, 0.25) is 17.7 Å². The number of hydrogen-bond acceptors (Lipinski definition) is 5. The number of likely N-dealkylation sites (tertiary alicyclic amines) is 1. The molecule has 1 aromatic carbocycles. The first kappa shape index (κ1) is 18.9. The lowest BCUT2D eigenvalue weighted by Crippen LogP contribution is -2.45. The number of benzene rings is 1. The molecule has 0 bridgehead atoms. The van der Waals surface area contributed by atoms with Crippen molar-refractivity contribution in [1.82, 2.24) is 15.1 Å². The van der Waals surface area contributed by atoms with E-state index in [9.17, 15) is 9.59 Å². The summed E-state index contributed by atoms with van der Waals surface area (Å²) in [5.74, 6) is 0.281. The van der Waals surface area contributed by atoms with Crippen LogP contribution in [0.25, 0.3) is 0 Å². The van der Waals surface area contributed by atoms with Crippen molar-refractivity contribution in [2.45, 2.75) is 25.4 Å². The van der Waals surface area contributed by atoms with Gasteiger partial charge in [-0.15, -0.1) is 5.10 Å². The summed E-state index contributed by atoms with van der Waals surface area (Å²) in [5, 5.41) is 7.75. The zero-order valence-electron chi connectivity index (χ0n) is 15.3. The van der Waals surface area contributed by atoms with Crippen molar-refractivity contribution in [3.8, 4) is 5.88 Å². The van der Waals surface area contributed by atoms with Crippen molar-refractivity contribution in [2.75, 3.05) is 24.5 Å². The van der Waals surface area contributed by atoms with E-state index < -0.39 is 0 Å². The van der Waals surface area contributed by atoms with Crippen LogP contribution in [0.2, 0.25) is 0 Å². The quantitative estimate of drug-likeness (QED) is 0.724. The monoisotopic (exact) mass is 444 g/mol. The molecule has 0 spiro atoms. The topological polar surface area (TPSA) is 75.6 Å². The molecule has 1 atom stereocenters. The number of ether oxygens (including phenoxy) is 1. The maximum absolute atomic E-state index is 12.9. The van der Waals surface area contributed by atoms with Crippen LogP contribution in [0.15, 0.2) is 47.1 Å². The summed E-state index contributed by atoms with van der Waals surface area (Å²) < 4.78 is 6.75. The molecule has 2 saturated heterocycles. The summed E-state index contributed by atoms with van der Waals surface area (Å²) in [6, 6.07) is 11.2. The average molecular weight is 445 g/mol. The van der Waals surface area contributed by atoms with E-state index in [1.807, 2.05) is 29.2 Å². The van der Waals surface area contributed by atoms with Gasteiger partial charge in [0.25, 0.3) is 0 Å². The second kappa shape index (κ2) is 8.26. The summed E-state index contributed by atoms with van der Waals surface area (Å²) in [5.41, 5.74) is 0.825. The summed E-state index contributed by atoms with van der Waals surface area (Å²) in [7, 11) is 0. The summed E-state index contributed by atoms with van der Waals surface area (Å²) in [6.45, 7) is 1.70. The lowest BCUT2D eigenvalue weighted by Gasteiger charge is -2.33. The van der Waals surface area contributed by atoms with Crippen molar-refractivity contribution in [1.29, 1.82) is 0 Å². The molecule has 146 valence electrons. The first-order valence-electron chi connectivity index (χ1n) is 9.39. The number of rotatable bonds is 4. The van der Waals surface area contributed by atoms with Gasteiger partial charge in [-0.1, -0.05) is 22.0 Å². The summed E-state index contributed by atoms with van der Waals surface area (Å²) in [4.78, 5) is 28.9. The Balaban J connectivity index is 1.32. The van der Waals surface area contributed by atoms with Gasteiger partial charge in [0, 0.05) is 61.3 Å². The Labute approximate surface area is 171 Å². The zero-order chi connectivity index (χ0) is 19.5. The summed E-state index contributed by atoms with van der Waals surface area (Å²) in [6.07, 6.45) is 3.40. The Morgan fingerprint density at radius 2 is 2.00 bits per heavy atom. The van der Waals surface area contributed by atoms with Gasteiger partial charge in [-0.2, -0.15) is 5.10 Å². The number of carbonyl (C=O) groups is 2. The minimum atomic E-state index is -0.288. The number of carbonyl (C=O) groups excluding carboxylic acids is 2. The molecule has 7 nitrogen and oxygen atoms in total. The molecule has 8 heteroatoms. The molecule has 0 unspecified atom stereocenters. The number of nitrogens with zero attached hydrogens (tertiary/aromatic N) is 4. The van der Waals surface area contributed by atoms with Crippen molar-refractivity contribution in [3.63, 3.8) is 0 Å². The lowest BCUT2D eigenvalue weighted by atomic mass is 10.0. The highest BCUT2D eigenvalue weighted by Gasteiger charge is 2.38. The van der Waals surface area contributed by atoms with Crippen molar-refractivity contribution in [3.05, 3.63) is 47.1 Å². The fourth-order valence-corrected chi connectivity index (χ4v) is 4.13. The van der Waals surface area contributed by atoms with Crippen LogP contribution in [0.4, 0.5) is 5.69 Å². The van der Waals surface area contributed by atoms with E-state index in [1.165, 1.54) is 0 Å². The number of piperidine rings is 1. The molecule has 2 aromatic rings. The van der Waals surface area contributed by atoms with E-state index >= 15 is 0 Å². The van der Waals surface area contributed by atoms with Crippen LogP contribution >= 0.6 is 15.9 Å². The van der Waals surface area contributed by atoms with E-state index in [2.05, 4.69) is 26.1 Å². The van der Waals surface area contributed by atoms with Gasteiger partial charge in [-0.3, -0.25) is 9.59 Å². The second-order valence-corrected chi connectivity index (χ2v) is 8.01. The van der Waals surface area contributed by atoms with Crippen molar-refractivity contribution < 1.29 is 14.3 Å². The van der Waals surface area contributed by atoms with E-state index in [-0.39, 0.29) is 30.3 Å². The lowest BCUT2D eigenvalue weighted by molar-refractivity contribution is -0.137. The first-order chi connectivity index (χ1) is 13.6. The fourth-order valence-electron chi connectivity index (χ4n) is 3.74. The van der Waals surface area contributed by atoms with Crippen LogP contribution < -0.4 is 9.64 Å². The van der Waals surface area contributed by atoms with Gasteiger partial charge in [-0.25, -0.2) is 0 Å². The van der Waals surface area contributed by atoms with Crippen molar-refractivity contribution >= 4 is 33.4 Å². The number of hydrogen-bond donors (Lipinski definition) is 0. The van der Waals surface area contributed by atoms with E-state index in [0.29, 0.717) is 25.5 Å². The third-order valence-corrected chi connectivity index (χ3v) is 5.68. The fraction of sp³-hybridized carbons (Fsp3) is 0.400. The Morgan fingerprint density at radius 3 is 2.71 bits per heavy atom. The van der Waals surface area contributed by atoms with Crippen LogP contribution in [0.5, 0.6) is 5.88 Å². The standard InChI is InChI=1S/C20H21BrN4O3/c21-15-3-1-4-16(12-15)25-13-14(11-19(25)26)20(27)24-9-6-17(7-10-24)28-18-5-2-8-22-23-18/h1-5,8,12,14,17H,6-7,9-11,13H2/t14-/m0/s1. The molecule has 0 radical (unpaired) electrons. The Morgan fingerprint density at radius 1 is 1.18 bits per heavy atom. The highest BCUT2D eigenvalue weighted by atomic mass is 79.9. The molecular formula is C20H21BrN4O3. The Kier molecular flexibility index (Phi) is 5.57. The van der Waals surface area contributed by atoms with Crippen LogP contribution in [0.3, 0.4) is 0 Å². The van der Waals surface area contributed by atoms with Gasteiger partial charge in [0.05, 0.1) is 5.92 Å². The second-order valence-electron chi connectivity index (χ2n) is 7.09. The van der Waals surface area contributed by atoms with E-state index in [4.69, 9.17) is 4.74 Å². The smallest absolute Gasteiger partial charge is 0.233 e. The molecule has 2 amide bonds. The maximum atomic E-state index is 12.9. The molecule has 2 aliphatic rings. The molecule has 28 heavy (non-hydrogen) atoms. The predicted octanol–water partition coefficient (Wildman–Crippen LogP) is 2.66. The van der Waals surface area contributed by atoms with Crippen LogP contribution in [0.1, 0.15) is 19.3 Å². The number of amides is 2. The molecule has 0 aliphatic carbocycles. The largest absolute Gasteiger partial charge is 0.473 e. The average Bonchev–Trinajstić information content (AvgIpc) is 3.10. The predicted molar refractivity (Wildman–Crippen MR) is 107 cm³/mol. The molecule has 1 aromatic heterocycles. The molecular weight excluding hydrogens is 424 g/mol. The van der Waals surface area contributed by atoms with Gasteiger partial charge < -0.3 is 14.5 Å². The SMILES string of the molecule is O=C([C@H]1CC(=O)N(c2cccc(Br)c2)C1)N1CCC(Oc2cccnn2)CC1. The third-order valence-electron chi connectivity index (χ3n) is 5.18. The van der Waals surface area contributed by atoms with Gasteiger partial charge in [0.15, 0.2) is 0 Å². The van der Waals surface area contributed by atoms with Crippen molar-refractivity contribution in [2.24, 2.45) is 5.92 Å². The minimum absolute atomic E-state index is 0.00248. The Bertz CT molecular complexity index is 856. The maximum Gasteiger partial charge on any atom is 0.233 e. The molecule has 2 fully saturated rings. The van der Waals surface area contributed by atoms with E-state index in [0.717, 1.165) is 23.0 Å². The molecule has 3 heterocycles. The minimum Gasteiger partial charge on any atom is -0.473 e. The normalized spacial score (nSPS) is 20.5. The van der Waals surface area contributed by atoms with Gasteiger partial charge >= 0.3 is 0 Å². The highest BCUT2D eigenvalue weighted by molar-refractivity contribution is 9.10. The van der Waals surface area contributed by atoms with Crippen LogP contribution in [0, 0.1) is 5.92 Å². The number of halogens is 1.